The van der Waals surface area contributed by atoms with Gasteiger partial charge in [-0.1, -0.05) is 19.4 Å². The van der Waals surface area contributed by atoms with Crippen molar-refractivity contribution >= 4 is 11.8 Å². The van der Waals surface area contributed by atoms with E-state index in [0.717, 1.165) is 39.1 Å². The van der Waals surface area contributed by atoms with Gasteiger partial charge in [0, 0.05) is 30.8 Å². The summed E-state index contributed by atoms with van der Waals surface area (Å²) in [6, 6.07) is 6.67. The molecule has 1 aliphatic rings. The lowest BCUT2D eigenvalue weighted by molar-refractivity contribution is 0.0761. The van der Waals surface area contributed by atoms with Gasteiger partial charge in [0.1, 0.15) is 0 Å². The fraction of sp³-hybridized carbons (Fsp3) is 0.529. The Labute approximate surface area is 132 Å². The quantitative estimate of drug-likeness (QED) is 0.901. The van der Waals surface area contributed by atoms with Crippen molar-refractivity contribution < 1.29 is 9.59 Å². The fourth-order valence-corrected chi connectivity index (χ4v) is 2.77. The van der Waals surface area contributed by atoms with E-state index < -0.39 is 5.91 Å². The number of unbranched alkanes of at least 4 members (excludes halogenated alkanes) is 1. The summed E-state index contributed by atoms with van der Waals surface area (Å²) in [4.78, 5) is 28.2. The first-order valence-corrected chi connectivity index (χ1v) is 8.03. The number of nitrogens with zero attached hydrogens (tertiary/aromatic N) is 2. The van der Waals surface area contributed by atoms with Gasteiger partial charge in [-0.3, -0.25) is 9.59 Å². The van der Waals surface area contributed by atoms with Crippen LogP contribution in [-0.4, -0.2) is 54.3 Å². The number of nitrogens with two attached hydrogens (primary N) is 1. The third-order valence-electron chi connectivity index (χ3n) is 4.10. The van der Waals surface area contributed by atoms with Crippen molar-refractivity contribution in [3.05, 3.63) is 35.4 Å². The van der Waals surface area contributed by atoms with Crippen molar-refractivity contribution in [2.24, 2.45) is 5.73 Å². The average Bonchev–Trinajstić information content (AvgIpc) is 2.78. The maximum atomic E-state index is 12.6. The highest BCUT2D eigenvalue weighted by atomic mass is 16.2. The van der Waals surface area contributed by atoms with E-state index in [1.807, 2.05) is 4.90 Å². The van der Waals surface area contributed by atoms with E-state index in [4.69, 9.17) is 5.73 Å². The molecule has 5 heteroatoms. The van der Waals surface area contributed by atoms with Gasteiger partial charge in [0.15, 0.2) is 0 Å². The smallest absolute Gasteiger partial charge is 0.253 e. The third kappa shape index (κ3) is 4.31. The molecule has 0 aromatic heterocycles. The molecule has 1 heterocycles. The molecule has 1 aromatic rings. The number of hydrogen-bond acceptors (Lipinski definition) is 3. The minimum Gasteiger partial charge on any atom is -0.366 e. The van der Waals surface area contributed by atoms with E-state index in [0.29, 0.717) is 11.1 Å². The Kier molecular flexibility index (Phi) is 5.95. The van der Waals surface area contributed by atoms with Crippen LogP contribution in [0.1, 0.15) is 46.9 Å². The molecule has 1 fully saturated rings. The molecular weight excluding hydrogens is 278 g/mol. The van der Waals surface area contributed by atoms with E-state index in [2.05, 4.69) is 11.8 Å². The normalized spacial score (nSPS) is 16.3. The van der Waals surface area contributed by atoms with E-state index in [1.54, 1.807) is 24.3 Å². The predicted molar refractivity (Wildman–Crippen MR) is 86.8 cm³/mol. The number of carbonyl (C=O) groups excluding carboxylic acids is 2. The lowest BCUT2D eigenvalue weighted by Crippen LogP contribution is -2.35. The standard InChI is InChI=1S/C17H25N3O2/c1-2-3-8-19-9-5-10-20(12-11-19)17(22)15-7-4-6-14(13-15)16(18)21/h4,6-7,13H,2-3,5,8-12H2,1H3,(H2,18,21). The van der Waals surface area contributed by atoms with Crippen LogP contribution >= 0.6 is 0 Å². The van der Waals surface area contributed by atoms with Gasteiger partial charge >= 0.3 is 0 Å². The summed E-state index contributed by atoms with van der Waals surface area (Å²) >= 11 is 0. The molecule has 0 bridgehead atoms. The molecule has 1 aliphatic heterocycles. The molecule has 0 spiro atoms. The van der Waals surface area contributed by atoms with Crippen LogP contribution in [0.15, 0.2) is 24.3 Å². The van der Waals surface area contributed by atoms with Crippen molar-refractivity contribution in [2.45, 2.75) is 26.2 Å². The largest absolute Gasteiger partial charge is 0.366 e. The molecule has 1 saturated heterocycles. The van der Waals surface area contributed by atoms with Gasteiger partial charge in [-0.15, -0.1) is 0 Å². The van der Waals surface area contributed by atoms with Gasteiger partial charge in [-0.05, 0) is 44.1 Å². The Morgan fingerprint density at radius 1 is 1.14 bits per heavy atom. The van der Waals surface area contributed by atoms with Crippen LogP contribution in [0.3, 0.4) is 0 Å². The lowest BCUT2D eigenvalue weighted by Gasteiger charge is -2.22. The summed E-state index contributed by atoms with van der Waals surface area (Å²) in [6.45, 7) is 6.77. The second kappa shape index (κ2) is 7.94. The number of amides is 2. The molecule has 2 N–H and O–H groups in total. The van der Waals surface area contributed by atoms with E-state index in [1.165, 1.54) is 12.8 Å². The summed E-state index contributed by atoms with van der Waals surface area (Å²) in [7, 11) is 0. The summed E-state index contributed by atoms with van der Waals surface area (Å²) in [5.41, 5.74) is 6.20. The summed E-state index contributed by atoms with van der Waals surface area (Å²) in [6.07, 6.45) is 3.39. The molecule has 2 rings (SSSR count). The lowest BCUT2D eigenvalue weighted by atomic mass is 10.1. The predicted octanol–water partition coefficient (Wildman–Crippen LogP) is 1.73. The molecule has 0 radical (unpaired) electrons. The van der Waals surface area contributed by atoms with Crippen molar-refractivity contribution in [3.8, 4) is 0 Å². The van der Waals surface area contributed by atoms with Crippen LogP contribution in [0, 0.1) is 0 Å². The minimum atomic E-state index is -0.503. The van der Waals surface area contributed by atoms with Crippen LogP contribution in [0.25, 0.3) is 0 Å². The van der Waals surface area contributed by atoms with Crippen LogP contribution in [0.2, 0.25) is 0 Å². The highest BCUT2D eigenvalue weighted by Crippen LogP contribution is 2.11. The number of rotatable bonds is 5. The maximum absolute atomic E-state index is 12.6. The highest BCUT2D eigenvalue weighted by molar-refractivity contribution is 5.99. The van der Waals surface area contributed by atoms with Gasteiger partial charge in [0.2, 0.25) is 5.91 Å². The summed E-state index contributed by atoms with van der Waals surface area (Å²) in [5, 5.41) is 0. The Hall–Kier alpha value is -1.88. The average molecular weight is 303 g/mol. The summed E-state index contributed by atoms with van der Waals surface area (Å²) in [5.74, 6) is -0.517. The number of hydrogen-bond donors (Lipinski definition) is 1. The van der Waals surface area contributed by atoms with Gasteiger partial charge in [-0.25, -0.2) is 0 Å². The molecule has 5 nitrogen and oxygen atoms in total. The van der Waals surface area contributed by atoms with Crippen LogP contribution in [0.5, 0.6) is 0 Å². The van der Waals surface area contributed by atoms with E-state index in [9.17, 15) is 9.59 Å². The van der Waals surface area contributed by atoms with Crippen LogP contribution < -0.4 is 5.73 Å². The monoisotopic (exact) mass is 303 g/mol. The van der Waals surface area contributed by atoms with Crippen LogP contribution in [-0.2, 0) is 0 Å². The number of primary amides is 1. The van der Waals surface area contributed by atoms with E-state index >= 15 is 0 Å². The van der Waals surface area contributed by atoms with Gasteiger partial charge in [-0.2, -0.15) is 0 Å². The number of benzene rings is 1. The minimum absolute atomic E-state index is 0.0135. The first-order chi connectivity index (χ1) is 10.6. The Bertz CT molecular complexity index is 530. The highest BCUT2D eigenvalue weighted by Gasteiger charge is 2.20. The second-order valence-corrected chi connectivity index (χ2v) is 5.79. The Morgan fingerprint density at radius 3 is 2.64 bits per heavy atom. The summed E-state index contributed by atoms with van der Waals surface area (Å²) < 4.78 is 0. The number of carbonyl (C=O) groups is 2. The topological polar surface area (TPSA) is 66.6 Å². The van der Waals surface area contributed by atoms with Gasteiger partial charge in [0.25, 0.3) is 5.91 Å². The zero-order valence-electron chi connectivity index (χ0n) is 13.3. The molecule has 1 aromatic carbocycles. The van der Waals surface area contributed by atoms with Crippen molar-refractivity contribution in [1.29, 1.82) is 0 Å². The molecule has 0 unspecified atom stereocenters. The molecule has 22 heavy (non-hydrogen) atoms. The third-order valence-corrected chi connectivity index (χ3v) is 4.10. The van der Waals surface area contributed by atoms with Crippen LogP contribution in [0.4, 0.5) is 0 Å². The first-order valence-electron chi connectivity index (χ1n) is 8.03. The zero-order valence-corrected chi connectivity index (χ0v) is 13.3. The van der Waals surface area contributed by atoms with Crippen molar-refractivity contribution in [3.63, 3.8) is 0 Å². The Morgan fingerprint density at radius 2 is 1.91 bits per heavy atom. The van der Waals surface area contributed by atoms with Crippen molar-refractivity contribution in [2.75, 3.05) is 32.7 Å². The first kappa shape index (κ1) is 16.5. The molecular formula is C17H25N3O2. The Balaban J connectivity index is 2.00. The zero-order chi connectivity index (χ0) is 15.9. The molecule has 120 valence electrons. The molecule has 0 atom stereocenters. The van der Waals surface area contributed by atoms with Gasteiger partial charge < -0.3 is 15.5 Å². The van der Waals surface area contributed by atoms with Gasteiger partial charge in [0.05, 0.1) is 0 Å². The SMILES string of the molecule is CCCCN1CCCN(C(=O)c2cccc(C(N)=O)c2)CC1. The van der Waals surface area contributed by atoms with E-state index in [-0.39, 0.29) is 5.91 Å². The second-order valence-electron chi connectivity index (χ2n) is 5.79. The maximum Gasteiger partial charge on any atom is 0.253 e. The molecule has 0 saturated carbocycles. The molecule has 2 amide bonds. The van der Waals surface area contributed by atoms with Crippen molar-refractivity contribution in [1.82, 2.24) is 9.80 Å². The fourth-order valence-electron chi connectivity index (χ4n) is 2.77. The molecule has 0 aliphatic carbocycles.